The zero-order valence-electron chi connectivity index (χ0n) is 13.4. The van der Waals surface area contributed by atoms with Crippen molar-refractivity contribution in [3.8, 4) is 0 Å². The highest BCUT2D eigenvalue weighted by molar-refractivity contribution is 5.14. The normalized spacial score (nSPS) is 17.0. The number of pyridine rings is 1. The smallest absolute Gasteiger partial charge is 0.0271 e. The topological polar surface area (TPSA) is 19.4 Å². The Hall–Kier alpha value is -1.71. The zero-order valence-corrected chi connectivity index (χ0v) is 13.4. The highest BCUT2D eigenvalue weighted by Gasteiger charge is 2.22. The van der Waals surface area contributed by atoms with Crippen LogP contribution in [0.2, 0.25) is 0 Å². The summed E-state index contributed by atoms with van der Waals surface area (Å²) in [4.78, 5) is 9.16. The summed E-state index contributed by atoms with van der Waals surface area (Å²) in [6.07, 6.45) is 6.29. The van der Waals surface area contributed by atoms with Crippen molar-refractivity contribution in [2.24, 2.45) is 0 Å². The summed E-state index contributed by atoms with van der Waals surface area (Å²) in [5.41, 5.74) is 2.77. The molecular weight excluding hydrogens is 270 g/mol. The first-order chi connectivity index (χ1) is 10.8. The van der Waals surface area contributed by atoms with Gasteiger partial charge in [0.15, 0.2) is 0 Å². The van der Waals surface area contributed by atoms with Gasteiger partial charge in [0, 0.05) is 31.5 Å². The first kappa shape index (κ1) is 15.2. The second kappa shape index (κ2) is 7.52. The molecule has 1 aliphatic heterocycles. The number of piperidine rings is 1. The highest BCUT2D eigenvalue weighted by Crippen LogP contribution is 2.19. The Kier molecular flexibility index (Phi) is 5.20. The third-order valence-electron chi connectivity index (χ3n) is 4.61. The first-order valence-electron chi connectivity index (χ1n) is 8.17. The van der Waals surface area contributed by atoms with Gasteiger partial charge in [0.25, 0.3) is 0 Å². The van der Waals surface area contributed by atoms with Crippen molar-refractivity contribution in [1.82, 2.24) is 14.8 Å². The predicted octanol–water partition coefficient (Wildman–Crippen LogP) is 3.18. The van der Waals surface area contributed by atoms with Gasteiger partial charge in [-0.25, -0.2) is 0 Å². The van der Waals surface area contributed by atoms with Crippen molar-refractivity contribution in [3.05, 3.63) is 66.0 Å². The molecule has 1 fully saturated rings. The summed E-state index contributed by atoms with van der Waals surface area (Å²) in [7, 11) is 2.26. The minimum atomic E-state index is 0.703. The number of hydrogen-bond donors (Lipinski definition) is 0. The van der Waals surface area contributed by atoms with Crippen LogP contribution in [0.5, 0.6) is 0 Å². The van der Waals surface area contributed by atoms with Crippen LogP contribution in [-0.4, -0.2) is 41.0 Å². The van der Waals surface area contributed by atoms with E-state index in [1.165, 1.54) is 37.1 Å². The van der Waals surface area contributed by atoms with Gasteiger partial charge in [0.1, 0.15) is 0 Å². The molecule has 0 bridgehead atoms. The maximum absolute atomic E-state index is 4.09. The van der Waals surface area contributed by atoms with E-state index in [9.17, 15) is 0 Å². The second-order valence-electron chi connectivity index (χ2n) is 6.26. The number of benzene rings is 1. The van der Waals surface area contributed by atoms with Crippen LogP contribution in [0.1, 0.15) is 24.0 Å². The minimum Gasteiger partial charge on any atom is -0.299 e. The minimum absolute atomic E-state index is 0.703. The van der Waals surface area contributed by atoms with Crippen LogP contribution in [0.15, 0.2) is 54.9 Å². The molecule has 0 aliphatic carbocycles. The largest absolute Gasteiger partial charge is 0.299 e. The second-order valence-corrected chi connectivity index (χ2v) is 6.26. The Labute approximate surface area is 133 Å². The third kappa shape index (κ3) is 4.15. The van der Waals surface area contributed by atoms with Crippen LogP contribution >= 0.6 is 0 Å². The third-order valence-corrected chi connectivity index (χ3v) is 4.61. The van der Waals surface area contributed by atoms with Gasteiger partial charge >= 0.3 is 0 Å². The van der Waals surface area contributed by atoms with Gasteiger partial charge in [0.05, 0.1) is 0 Å². The Bertz CT molecular complexity index is 547. The van der Waals surface area contributed by atoms with Crippen molar-refractivity contribution < 1.29 is 0 Å². The molecule has 0 spiro atoms. The molecule has 2 aromatic rings. The molecule has 116 valence electrons. The number of rotatable bonds is 5. The quantitative estimate of drug-likeness (QED) is 0.844. The molecule has 0 N–H and O–H groups in total. The zero-order chi connectivity index (χ0) is 15.2. The van der Waals surface area contributed by atoms with Crippen LogP contribution in [0.4, 0.5) is 0 Å². The van der Waals surface area contributed by atoms with Crippen LogP contribution in [-0.2, 0) is 13.1 Å². The molecule has 3 rings (SSSR count). The molecule has 0 saturated carbocycles. The van der Waals surface area contributed by atoms with Crippen LogP contribution in [0.25, 0.3) is 0 Å². The van der Waals surface area contributed by atoms with Gasteiger partial charge in [-0.3, -0.25) is 14.8 Å². The average Bonchev–Trinajstić information content (AvgIpc) is 2.57. The van der Waals surface area contributed by atoms with E-state index >= 15 is 0 Å². The van der Waals surface area contributed by atoms with E-state index in [0.717, 1.165) is 13.1 Å². The molecule has 3 heteroatoms. The van der Waals surface area contributed by atoms with E-state index in [1.807, 2.05) is 12.4 Å². The Morgan fingerprint density at radius 1 is 1.00 bits per heavy atom. The van der Waals surface area contributed by atoms with Crippen molar-refractivity contribution in [2.75, 3.05) is 20.1 Å². The van der Waals surface area contributed by atoms with E-state index in [0.29, 0.717) is 6.04 Å². The standard InChI is InChI=1S/C19H25N3/c1-21(15-17-5-3-2-4-6-17)19-9-13-22(14-10-19)16-18-7-11-20-12-8-18/h2-8,11-12,19H,9-10,13-16H2,1H3. The predicted molar refractivity (Wildman–Crippen MR) is 90.4 cm³/mol. The molecule has 2 heterocycles. The van der Waals surface area contributed by atoms with Gasteiger partial charge < -0.3 is 0 Å². The molecule has 22 heavy (non-hydrogen) atoms. The molecular formula is C19H25N3. The fraction of sp³-hybridized carbons (Fsp3) is 0.421. The molecule has 0 radical (unpaired) electrons. The highest BCUT2D eigenvalue weighted by atomic mass is 15.2. The summed E-state index contributed by atoms with van der Waals surface area (Å²) in [5, 5.41) is 0. The fourth-order valence-corrected chi connectivity index (χ4v) is 3.27. The lowest BCUT2D eigenvalue weighted by Gasteiger charge is -2.36. The van der Waals surface area contributed by atoms with E-state index in [4.69, 9.17) is 0 Å². The molecule has 0 atom stereocenters. The Morgan fingerprint density at radius 3 is 2.36 bits per heavy atom. The van der Waals surface area contributed by atoms with Gasteiger partial charge in [-0.2, -0.15) is 0 Å². The van der Waals surface area contributed by atoms with Crippen LogP contribution in [0.3, 0.4) is 0 Å². The monoisotopic (exact) mass is 295 g/mol. The molecule has 1 saturated heterocycles. The molecule has 0 amide bonds. The molecule has 1 aromatic carbocycles. The van der Waals surface area contributed by atoms with E-state index < -0.39 is 0 Å². The van der Waals surface area contributed by atoms with Crippen molar-refractivity contribution in [3.63, 3.8) is 0 Å². The lowest BCUT2D eigenvalue weighted by atomic mass is 10.0. The van der Waals surface area contributed by atoms with Gasteiger partial charge in [0.2, 0.25) is 0 Å². The number of hydrogen-bond acceptors (Lipinski definition) is 3. The fourth-order valence-electron chi connectivity index (χ4n) is 3.27. The molecule has 0 unspecified atom stereocenters. The summed E-state index contributed by atoms with van der Waals surface area (Å²) >= 11 is 0. The molecule has 1 aromatic heterocycles. The van der Waals surface area contributed by atoms with Crippen molar-refractivity contribution in [2.45, 2.75) is 32.0 Å². The molecule has 3 nitrogen and oxygen atoms in total. The van der Waals surface area contributed by atoms with Crippen LogP contribution in [0, 0.1) is 0 Å². The summed E-state index contributed by atoms with van der Waals surface area (Å²) in [6.45, 7) is 4.48. The van der Waals surface area contributed by atoms with Crippen molar-refractivity contribution in [1.29, 1.82) is 0 Å². The lowest BCUT2D eigenvalue weighted by molar-refractivity contribution is 0.119. The number of aromatic nitrogens is 1. The lowest BCUT2D eigenvalue weighted by Crippen LogP contribution is -2.42. The van der Waals surface area contributed by atoms with E-state index in [1.54, 1.807) is 0 Å². The Morgan fingerprint density at radius 2 is 1.68 bits per heavy atom. The maximum Gasteiger partial charge on any atom is 0.0271 e. The van der Waals surface area contributed by atoms with Crippen molar-refractivity contribution >= 4 is 0 Å². The average molecular weight is 295 g/mol. The SMILES string of the molecule is CN(Cc1ccccc1)C1CCN(Cc2ccncc2)CC1. The van der Waals surface area contributed by atoms with Gasteiger partial charge in [-0.15, -0.1) is 0 Å². The maximum atomic E-state index is 4.09. The van der Waals surface area contributed by atoms with Crippen LogP contribution < -0.4 is 0 Å². The summed E-state index contributed by atoms with van der Waals surface area (Å²) in [6, 6.07) is 15.7. The van der Waals surface area contributed by atoms with E-state index in [2.05, 4.69) is 64.3 Å². The molecule has 1 aliphatic rings. The number of nitrogens with zero attached hydrogens (tertiary/aromatic N) is 3. The summed E-state index contributed by atoms with van der Waals surface area (Å²) < 4.78 is 0. The Balaban J connectivity index is 1.47. The first-order valence-corrected chi connectivity index (χ1v) is 8.17. The summed E-state index contributed by atoms with van der Waals surface area (Å²) in [5.74, 6) is 0. The van der Waals surface area contributed by atoms with Gasteiger partial charge in [-0.1, -0.05) is 30.3 Å². The van der Waals surface area contributed by atoms with Gasteiger partial charge in [-0.05, 0) is 56.2 Å². The van der Waals surface area contributed by atoms with E-state index in [-0.39, 0.29) is 0 Å². The number of likely N-dealkylation sites (tertiary alicyclic amines) is 1.